The van der Waals surface area contributed by atoms with Crippen molar-refractivity contribution < 1.29 is 14.3 Å². The number of piperidine rings is 1. The predicted octanol–water partition coefficient (Wildman–Crippen LogP) is 1.96. The fraction of sp³-hybridized carbons (Fsp3) is 0.778. The second-order valence-corrected chi connectivity index (χ2v) is 6.39. The molecule has 5 heteroatoms. The topological polar surface area (TPSA) is 46.6 Å². The van der Waals surface area contributed by atoms with Gasteiger partial charge in [-0.15, -0.1) is 0 Å². The summed E-state index contributed by atoms with van der Waals surface area (Å²) in [6, 6.07) is 0. The number of alkyl halides is 1. The molecule has 0 atom stereocenters. The van der Waals surface area contributed by atoms with Crippen molar-refractivity contribution in [3.8, 4) is 0 Å². The van der Waals surface area contributed by atoms with Crippen LogP contribution in [0.2, 0.25) is 0 Å². The molecule has 1 heterocycles. The van der Waals surface area contributed by atoms with Crippen LogP contribution >= 0.6 is 22.6 Å². The average molecular weight is 311 g/mol. The minimum atomic E-state index is -0.519. The van der Waals surface area contributed by atoms with Gasteiger partial charge < -0.3 is 9.64 Å². The molecular formula is C9H14INO3. The highest BCUT2D eigenvalue weighted by Crippen LogP contribution is 2.20. The molecule has 0 N–H and O–H groups in total. The third kappa shape index (κ3) is 3.81. The van der Waals surface area contributed by atoms with Crippen LogP contribution in [0, 0.1) is 0 Å². The first-order chi connectivity index (χ1) is 6.38. The van der Waals surface area contributed by atoms with Crippen molar-refractivity contribution in [1.29, 1.82) is 0 Å². The molecule has 0 aliphatic carbocycles. The van der Waals surface area contributed by atoms with E-state index in [1.807, 2.05) is 22.6 Å². The molecule has 1 fully saturated rings. The first-order valence-electron chi connectivity index (χ1n) is 4.57. The maximum atomic E-state index is 11.5. The van der Waals surface area contributed by atoms with Gasteiger partial charge in [-0.1, -0.05) is 0 Å². The number of hydrogen-bond acceptors (Lipinski definition) is 3. The number of rotatable bonds is 1. The minimum Gasteiger partial charge on any atom is -0.433 e. The van der Waals surface area contributed by atoms with Gasteiger partial charge in [-0.2, -0.15) is 0 Å². The zero-order chi connectivity index (χ0) is 10.8. The molecule has 0 aromatic rings. The molecule has 0 bridgehead atoms. The van der Waals surface area contributed by atoms with E-state index in [9.17, 15) is 9.59 Å². The minimum absolute atomic E-state index is 0.111. The Hall–Kier alpha value is -0.330. The lowest BCUT2D eigenvalue weighted by molar-refractivity contribution is -0.121. The smallest absolute Gasteiger partial charge is 0.411 e. The van der Waals surface area contributed by atoms with Crippen molar-refractivity contribution in [1.82, 2.24) is 4.90 Å². The molecule has 1 saturated heterocycles. The van der Waals surface area contributed by atoms with Crippen molar-refractivity contribution >= 4 is 34.5 Å². The van der Waals surface area contributed by atoms with E-state index in [1.165, 1.54) is 4.90 Å². The molecule has 4 nitrogen and oxygen atoms in total. The molecule has 1 aliphatic heterocycles. The number of hydrogen-bond donors (Lipinski definition) is 0. The maximum absolute atomic E-state index is 11.5. The summed E-state index contributed by atoms with van der Waals surface area (Å²) >= 11 is 2.04. The van der Waals surface area contributed by atoms with Crippen molar-refractivity contribution in [2.75, 3.05) is 13.1 Å². The van der Waals surface area contributed by atoms with Crippen molar-refractivity contribution in [3.63, 3.8) is 0 Å². The molecule has 0 aromatic heterocycles. The Morgan fingerprint density at radius 2 is 2.21 bits per heavy atom. The fourth-order valence-corrected chi connectivity index (χ4v) is 1.45. The van der Waals surface area contributed by atoms with Gasteiger partial charge in [0.25, 0.3) is 0 Å². The lowest BCUT2D eigenvalue weighted by atomic mass is 10.1. The molecule has 0 radical (unpaired) electrons. The van der Waals surface area contributed by atoms with Crippen LogP contribution in [-0.2, 0) is 9.53 Å². The van der Waals surface area contributed by atoms with Crippen molar-refractivity contribution in [2.24, 2.45) is 0 Å². The third-order valence-corrected chi connectivity index (χ3v) is 2.06. The monoisotopic (exact) mass is 311 g/mol. The summed E-state index contributed by atoms with van der Waals surface area (Å²) in [5, 5.41) is 0. The zero-order valence-electron chi connectivity index (χ0n) is 8.38. The van der Waals surface area contributed by atoms with Crippen LogP contribution in [0.25, 0.3) is 0 Å². The van der Waals surface area contributed by atoms with Crippen molar-refractivity contribution in [3.05, 3.63) is 0 Å². The highest BCUT2D eigenvalue weighted by atomic mass is 127. The second-order valence-electron chi connectivity index (χ2n) is 3.80. The number of nitrogens with zero attached hydrogens (tertiary/aromatic N) is 1. The van der Waals surface area contributed by atoms with Crippen molar-refractivity contribution in [2.45, 2.75) is 30.3 Å². The van der Waals surface area contributed by atoms with E-state index in [0.717, 1.165) is 6.42 Å². The lowest BCUT2D eigenvalue weighted by Gasteiger charge is -2.28. The van der Waals surface area contributed by atoms with E-state index >= 15 is 0 Å². The molecule has 0 spiro atoms. The van der Waals surface area contributed by atoms with Gasteiger partial charge in [-0.05, 0) is 42.9 Å². The van der Waals surface area contributed by atoms with Crippen LogP contribution in [-0.4, -0.2) is 33.5 Å². The summed E-state index contributed by atoms with van der Waals surface area (Å²) in [5.74, 6) is 0.111. The Kier molecular flexibility index (Phi) is 3.74. The largest absolute Gasteiger partial charge is 0.433 e. The van der Waals surface area contributed by atoms with Gasteiger partial charge in [0.1, 0.15) is 0 Å². The summed E-state index contributed by atoms with van der Waals surface area (Å²) in [4.78, 5) is 24.1. The number of ketones is 1. The molecule has 14 heavy (non-hydrogen) atoms. The Morgan fingerprint density at radius 1 is 1.57 bits per heavy atom. The second kappa shape index (κ2) is 4.46. The summed E-state index contributed by atoms with van der Waals surface area (Å²) in [5.41, 5.74) is 0. The van der Waals surface area contributed by atoms with E-state index in [2.05, 4.69) is 0 Å². The number of likely N-dealkylation sites (tertiary alicyclic amines) is 1. The summed E-state index contributed by atoms with van der Waals surface area (Å²) in [7, 11) is 0. The van der Waals surface area contributed by atoms with Gasteiger partial charge in [0.15, 0.2) is 9.39 Å². The zero-order valence-corrected chi connectivity index (χ0v) is 10.5. The molecule has 0 unspecified atom stereocenters. The number of Topliss-reactive ketones (excluding diaryl/α,β-unsaturated/α-hetero) is 1. The summed E-state index contributed by atoms with van der Waals surface area (Å²) < 4.78 is 4.63. The van der Waals surface area contributed by atoms with Crippen LogP contribution < -0.4 is 0 Å². The van der Waals surface area contributed by atoms with E-state index in [-0.39, 0.29) is 12.3 Å². The number of halogens is 1. The average Bonchev–Trinajstić information content (AvgIpc) is 2.01. The van der Waals surface area contributed by atoms with E-state index in [0.29, 0.717) is 13.0 Å². The molecule has 0 saturated carbocycles. The standard InChI is InChI=1S/C9H14INO3/c1-9(2,10)14-8(13)11-5-3-4-7(12)6-11/h3-6H2,1-2H3. The van der Waals surface area contributed by atoms with Gasteiger partial charge in [-0.3, -0.25) is 4.79 Å². The van der Waals surface area contributed by atoms with Crippen LogP contribution in [0.3, 0.4) is 0 Å². The first-order valence-corrected chi connectivity index (χ1v) is 5.65. The molecule has 1 rings (SSSR count). The molecular weight excluding hydrogens is 297 g/mol. The Labute approximate surface area is 97.1 Å². The Morgan fingerprint density at radius 3 is 2.71 bits per heavy atom. The molecule has 0 aromatic carbocycles. The van der Waals surface area contributed by atoms with Gasteiger partial charge in [0, 0.05) is 13.0 Å². The van der Waals surface area contributed by atoms with Crippen LogP contribution in [0.5, 0.6) is 0 Å². The van der Waals surface area contributed by atoms with Gasteiger partial charge in [-0.25, -0.2) is 4.79 Å². The molecule has 80 valence electrons. The number of ether oxygens (including phenoxy) is 1. The number of carbonyl (C=O) groups excluding carboxylic acids is 2. The summed E-state index contributed by atoms with van der Waals surface area (Å²) in [6.07, 6.45) is 0.935. The van der Waals surface area contributed by atoms with Crippen LogP contribution in [0.4, 0.5) is 4.79 Å². The quantitative estimate of drug-likeness (QED) is 0.549. The SMILES string of the molecule is CC(C)(I)OC(=O)N1CCCC(=O)C1. The predicted molar refractivity (Wildman–Crippen MR) is 60.4 cm³/mol. The van der Waals surface area contributed by atoms with Crippen LogP contribution in [0.1, 0.15) is 26.7 Å². The number of carbonyl (C=O) groups is 2. The van der Waals surface area contributed by atoms with Crippen LogP contribution in [0.15, 0.2) is 0 Å². The van der Waals surface area contributed by atoms with E-state index in [1.54, 1.807) is 13.8 Å². The normalized spacial score (nSPS) is 18.2. The van der Waals surface area contributed by atoms with E-state index in [4.69, 9.17) is 4.74 Å². The third-order valence-electron chi connectivity index (χ3n) is 1.84. The molecule has 1 amide bonds. The Bertz CT molecular complexity index is 247. The van der Waals surface area contributed by atoms with E-state index < -0.39 is 9.70 Å². The van der Waals surface area contributed by atoms with Gasteiger partial charge in [0.05, 0.1) is 6.54 Å². The molecule has 1 aliphatic rings. The fourth-order valence-electron chi connectivity index (χ4n) is 1.27. The number of amides is 1. The van der Waals surface area contributed by atoms with Gasteiger partial charge >= 0.3 is 6.09 Å². The van der Waals surface area contributed by atoms with Gasteiger partial charge in [0.2, 0.25) is 0 Å². The summed E-state index contributed by atoms with van der Waals surface area (Å²) in [6.45, 7) is 4.43. The highest BCUT2D eigenvalue weighted by Gasteiger charge is 2.26. The highest BCUT2D eigenvalue weighted by molar-refractivity contribution is 14.1. The first kappa shape index (κ1) is 11.7. The maximum Gasteiger partial charge on any atom is 0.411 e. The lowest BCUT2D eigenvalue weighted by Crippen LogP contribution is -2.42. The Balaban J connectivity index is 2.48.